The molecule has 26 heavy (non-hydrogen) atoms. The maximum absolute atomic E-state index is 12.2. The second kappa shape index (κ2) is 7.63. The Labute approximate surface area is 161 Å². The van der Waals surface area contributed by atoms with Gasteiger partial charge in [0.1, 0.15) is 0 Å². The number of piperidine rings is 1. The molecule has 2 amide bonds. The van der Waals surface area contributed by atoms with E-state index in [0.717, 1.165) is 36.6 Å². The highest BCUT2D eigenvalue weighted by Crippen LogP contribution is 2.30. The molecule has 0 saturated carbocycles. The van der Waals surface area contributed by atoms with Gasteiger partial charge in [-0.2, -0.15) is 0 Å². The van der Waals surface area contributed by atoms with Crippen LogP contribution in [0.4, 0.5) is 9.93 Å². The molecule has 1 unspecified atom stereocenters. The third-order valence-corrected chi connectivity index (χ3v) is 6.85. The first-order valence-electron chi connectivity index (χ1n) is 8.90. The number of aromatic nitrogens is 1. The molecule has 3 aromatic rings. The number of carbonyl (C=O) groups is 1. The molecule has 1 aliphatic heterocycles. The van der Waals surface area contributed by atoms with Gasteiger partial charge in [-0.1, -0.05) is 29.5 Å². The third-order valence-electron chi connectivity index (χ3n) is 4.70. The number of nitrogens with one attached hydrogen (secondary N) is 2. The van der Waals surface area contributed by atoms with Crippen LogP contribution >= 0.6 is 22.7 Å². The molecule has 1 aliphatic rings. The zero-order valence-electron chi connectivity index (χ0n) is 14.6. The summed E-state index contributed by atoms with van der Waals surface area (Å²) in [5, 5.41) is 9.26. The fourth-order valence-corrected chi connectivity index (χ4v) is 4.99. The van der Waals surface area contributed by atoms with Crippen LogP contribution in [0.3, 0.4) is 0 Å². The van der Waals surface area contributed by atoms with Gasteiger partial charge >= 0.3 is 6.03 Å². The summed E-state index contributed by atoms with van der Waals surface area (Å²) in [6.45, 7) is 3.86. The van der Waals surface area contributed by atoms with Crippen molar-refractivity contribution in [2.24, 2.45) is 0 Å². The lowest BCUT2D eigenvalue weighted by molar-refractivity contribution is 0.231. The van der Waals surface area contributed by atoms with Gasteiger partial charge in [0, 0.05) is 24.0 Å². The summed E-state index contributed by atoms with van der Waals surface area (Å²) in [6.07, 6.45) is 1.88. The van der Waals surface area contributed by atoms with E-state index in [0.29, 0.717) is 0 Å². The van der Waals surface area contributed by atoms with Gasteiger partial charge < -0.3 is 15.5 Å². The first kappa shape index (κ1) is 17.3. The normalized spacial score (nSPS) is 16.6. The highest BCUT2D eigenvalue weighted by Gasteiger charge is 2.23. The van der Waals surface area contributed by atoms with Crippen molar-refractivity contribution in [3.05, 3.63) is 46.7 Å². The Morgan fingerprint density at radius 2 is 2.04 bits per heavy atom. The number of hydrogen-bond donors (Lipinski definition) is 2. The van der Waals surface area contributed by atoms with E-state index < -0.39 is 0 Å². The second-order valence-electron chi connectivity index (χ2n) is 6.58. The van der Waals surface area contributed by atoms with Crippen LogP contribution in [0.1, 0.15) is 30.7 Å². The summed E-state index contributed by atoms with van der Waals surface area (Å²) in [4.78, 5) is 20.5. The molecule has 1 saturated heterocycles. The monoisotopic (exact) mass is 386 g/mol. The number of carbonyl (C=O) groups excluding carboxylic acids is 1. The van der Waals surface area contributed by atoms with Crippen molar-refractivity contribution < 1.29 is 4.79 Å². The second-order valence-corrected chi connectivity index (χ2v) is 8.57. The third kappa shape index (κ3) is 3.83. The minimum atomic E-state index is -0.0793. The fourth-order valence-electron chi connectivity index (χ4n) is 3.24. The number of nitrogens with zero attached hydrogens (tertiary/aromatic N) is 2. The number of benzene rings is 1. The molecule has 0 bridgehead atoms. The molecular weight excluding hydrogens is 364 g/mol. The molecule has 136 valence electrons. The highest BCUT2D eigenvalue weighted by molar-refractivity contribution is 7.22. The Morgan fingerprint density at radius 1 is 1.23 bits per heavy atom. The van der Waals surface area contributed by atoms with Crippen molar-refractivity contribution in [2.75, 3.05) is 18.0 Å². The van der Waals surface area contributed by atoms with Crippen molar-refractivity contribution in [2.45, 2.75) is 31.8 Å². The molecule has 1 fully saturated rings. The van der Waals surface area contributed by atoms with E-state index in [2.05, 4.69) is 33.7 Å². The van der Waals surface area contributed by atoms with E-state index in [1.165, 1.54) is 9.58 Å². The lowest BCUT2D eigenvalue weighted by Gasteiger charge is -2.32. The van der Waals surface area contributed by atoms with Crippen LogP contribution in [0.25, 0.3) is 10.2 Å². The Kier molecular flexibility index (Phi) is 5.08. The summed E-state index contributed by atoms with van der Waals surface area (Å²) in [6, 6.07) is 12.5. The SMILES string of the molecule is CC(NC(=O)NC1CCN(c2nc3ccccc3s2)CC1)c1cccs1. The maximum atomic E-state index is 12.2. The zero-order chi connectivity index (χ0) is 17.9. The lowest BCUT2D eigenvalue weighted by Crippen LogP contribution is -2.48. The smallest absolute Gasteiger partial charge is 0.315 e. The molecule has 0 aliphatic carbocycles. The van der Waals surface area contributed by atoms with Gasteiger partial charge in [0.25, 0.3) is 0 Å². The van der Waals surface area contributed by atoms with E-state index in [-0.39, 0.29) is 18.1 Å². The maximum Gasteiger partial charge on any atom is 0.315 e. The Bertz CT molecular complexity index is 836. The number of amides is 2. The largest absolute Gasteiger partial charge is 0.348 e. The molecule has 5 nitrogen and oxygen atoms in total. The zero-order valence-corrected chi connectivity index (χ0v) is 16.3. The molecule has 7 heteroatoms. The van der Waals surface area contributed by atoms with Crippen LogP contribution in [-0.2, 0) is 0 Å². The van der Waals surface area contributed by atoms with Gasteiger partial charge in [-0.25, -0.2) is 9.78 Å². The van der Waals surface area contributed by atoms with Crippen LogP contribution < -0.4 is 15.5 Å². The van der Waals surface area contributed by atoms with Crippen LogP contribution in [0.2, 0.25) is 0 Å². The van der Waals surface area contributed by atoms with Gasteiger partial charge in [-0.15, -0.1) is 11.3 Å². The number of anilines is 1. The van der Waals surface area contributed by atoms with E-state index in [4.69, 9.17) is 4.98 Å². The van der Waals surface area contributed by atoms with Crippen LogP contribution in [-0.4, -0.2) is 30.1 Å². The Morgan fingerprint density at radius 3 is 2.77 bits per heavy atom. The average Bonchev–Trinajstić information content (AvgIpc) is 3.32. The summed E-state index contributed by atoms with van der Waals surface area (Å²) in [5.41, 5.74) is 1.06. The van der Waals surface area contributed by atoms with Crippen LogP contribution in [0, 0.1) is 0 Å². The summed E-state index contributed by atoms with van der Waals surface area (Å²) in [5.74, 6) is 0. The molecule has 1 aromatic carbocycles. The first-order chi connectivity index (χ1) is 12.7. The number of para-hydroxylation sites is 1. The van der Waals surface area contributed by atoms with Crippen LogP contribution in [0.15, 0.2) is 41.8 Å². The van der Waals surface area contributed by atoms with E-state index in [9.17, 15) is 4.79 Å². The number of hydrogen-bond acceptors (Lipinski definition) is 5. The van der Waals surface area contributed by atoms with Crippen molar-refractivity contribution in [3.63, 3.8) is 0 Å². The standard InChI is InChI=1S/C19H22N4OS2/c1-13(16-7-4-12-25-16)20-18(24)21-14-8-10-23(11-9-14)19-22-15-5-2-3-6-17(15)26-19/h2-7,12-14H,8-11H2,1H3,(H2,20,21,24). The van der Waals surface area contributed by atoms with Crippen LogP contribution in [0.5, 0.6) is 0 Å². The Balaban J connectivity index is 1.28. The van der Waals surface area contributed by atoms with Crippen molar-refractivity contribution >= 4 is 44.1 Å². The molecule has 3 heterocycles. The quantitative estimate of drug-likeness (QED) is 0.699. The highest BCUT2D eigenvalue weighted by atomic mass is 32.1. The van der Waals surface area contributed by atoms with E-state index in [1.807, 2.05) is 30.5 Å². The predicted octanol–water partition coefficient (Wildman–Crippen LogP) is 4.39. The minimum Gasteiger partial charge on any atom is -0.348 e. The molecule has 2 aromatic heterocycles. The van der Waals surface area contributed by atoms with Crippen molar-refractivity contribution in [1.29, 1.82) is 0 Å². The number of thiophene rings is 1. The average molecular weight is 387 g/mol. The van der Waals surface area contributed by atoms with Gasteiger partial charge in [0.15, 0.2) is 5.13 Å². The molecule has 0 spiro atoms. The topological polar surface area (TPSA) is 57.3 Å². The fraction of sp³-hybridized carbons (Fsp3) is 0.368. The predicted molar refractivity (Wildman–Crippen MR) is 109 cm³/mol. The minimum absolute atomic E-state index is 0.0397. The lowest BCUT2D eigenvalue weighted by atomic mass is 10.1. The van der Waals surface area contributed by atoms with Crippen molar-refractivity contribution in [3.8, 4) is 0 Å². The Hall–Kier alpha value is -2.12. The van der Waals surface area contributed by atoms with Crippen molar-refractivity contribution in [1.82, 2.24) is 15.6 Å². The summed E-state index contributed by atoms with van der Waals surface area (Å²) >= 11 is 3.41. The number of thiazole rings is 1. The molecule has 2 N–H and O–H groups in total. The number of urea groups is 1. The molecular formula is C19H22N4OS2. The van der Waals surface area contributed by atoms with E-state index in [1.54, 1.807) is 22.7 Å². The van der Waals surface area contributed by atoms with Gasteiger partial charge in [0.05, 0.1) is 16.3 Å². The summed E-state index contributed by atoms with van der Waals surface area (Å²) in [7, 11) is 0. The summed E-state index contributed by atoms with van der Waals surface area (Å²) < 4.78 is 1.23. The molecule has 0 radical (unpaired) electrons. The van der Waals surface area contributed by atoms with Gasteiger partial charge in [-0.3, -0.25) is 0 Å². The number of rotatable bonds is 4. The number of fused-ring (bicyclic) bond motifs is 1. The first-order valence-corrected chi connectivity index (χ1v) is 10.6. The molecule has 4 rings (SSSR count). The van der Waals surface area contributed by atoms with Gasteiger partial charge in [0.2, 0.25) is 0 Å². The molecule has 1 atom stereocenters. The van der Waals surface area contributed by atoms with E-state index >= 15 is 0 Å². The van der Waals surface area contributed by atoms with Gasteiger partial charge in [-0.05, 0) is 43.3 Å².